The second kappa shape index (κ2) is 5.16. The number of carbonyl (C=O) groups excluding carboxylic acids is 2. The van der Waals surface area contributed by atoms with Crippen molar-refractivity contribution in [2.45, 2.75) is 25.2 Å². The summed E-state index contributed by atoms with van der Waals surface area (Å²) in [4.78, 5) is 26.9. The van der Waals surface area contributed by atoms with Crippen molar-refractivity contribution in [1.82, 2.24) is 0 Å². The number of benzene rings is 3. The second-order valence-corrected chi connectivity index (χ2v) is 9.92. The summed E-state index contributed by atoms with van der Waals surface area (Å²) < 4.78 is 1.26. The molecule has 2 unspecified atom stereocenters. The molecular weight excluding hydrogens is 388 g/mol. The maximum Gasteiger partial charge on any atom is 0.211 e. The van der Waals surface area contributed by atoms with Gasteiger partial charge >= 0.3 is 0 Å². The molecule has 3 aliphatic carbocycles. The van der Waals surface area contributed by atoms with E-state index >= 15 is 0 Å². The van der Waals surface area contributed by atoms with Crippen LogP contribution in [0.4, 0.5) is 0 Å². The summed E-state index contributed by atoms with van der Waals surface area (Å²) in [5.41, 5.74) is 5.25. The highest BCUT2D eigenvalue weighted by Crippen LogP contribution is 2.73. The number of Topliss-reactive ketones (excluding diaryl/α,β-unsaturated/α-hetero) is 2. The zero-order valence-corrected chi connectivity index (χ0v) is 17.5. The lowest BCUT2D eigenvalue weighted by atomic mass is 9.43. The van der Waals surface area contributed by atoms with Crippen LogP contribution in [-0.2, 0) is 15.0 Å². The molecule has 3 aromatic carbocycles. The first-order valence-electron chi connectivity index (χ1n) is 10.4. The Kier molecular flexibility index (Phi) is 2.88. The molecule has 0 N–H and O–H groups in total. The van der Waals surface area contributed by atoms with Crippen molar-refractivity contribution in [2.75, 3.05) is 0 Å². The summed E-state index contributed by atoms with van der Waals surface area (Å²) >= 11 is 1.80. The van der Waals surface area contributed by atoms with Crippen molar-refractivity contribution in [1.29, 1.82) is 0 Å². The normalized spacial score (nSPS) is 26.5. The minimum absolute atomic E-state index is 0.0186. The van der Waals surface area contributed by atoms with E-state index in [2.05, 4.69) is 56.3 Å². The van der Waals surface area contributed by atoms with E-state index < -0.39 is 5.41 Å². The van der Waals surface area contributed by atoms with Gasteiger partial charge in [0, 0.05) is 15.5 Å². The molecule has 2 nitrogen and oxygen atoms in total. The lowest BCUT2D eigenvalue weighted by Gasteiger charge is -2.55. The molecule has 1 heterocycles. The van der Waals surface area contributed by atoms with E-state index in [0.717, 1.165) is 11.1 Å². The van der Waals surface area contributed by atoms with Crippen LogP contribution < -0.4 is 0 Å². The fourth-order valence-electron chi connectivity index (χ4n) is 6.40. The Hall–Kier alpha value is -3.04. The van der Waals surface area contributed by atoms with Crippen LogP contribution in [0.5, 0.6) is 0 Å². The predicted molar refractivity (Wildman–Crippen MR) is 121 cm³/mol. The Balaban J connectivity index is 1.51. The summed E-state index contributed by atoms with van der Waals surface area (Å²) in [6, 6.07) is 21.2. The molecule has 1 fully saturated rings. The zero-order valence-electron chi connectivity index (χ0n) is 16.7. The van der Waals surface area contributed by atoms with E-state index in [1.54, 1.807) is 11.3 Å². The van der Waals surface area contributed by atoms with Crippen molar-refractivity contribution < 1.29 is 9.59 Å². The fraction of sp³-hybridized carbons (Fsp3) is 0.185. The van der Waals surface area contributed by atoms with Crippen molar-refractivity contribution in [3.63, 3.8) is 0 Å². The maximum atomic E-state index is 13.0. The zero-order chi connectivity index (χ0) is 20.4. The van der Waals surface area contributed by atoms with E-state index in [1.165, 1.54) is 42.4 Å². The number of aryl methyl sites for hydroxylation is 1. The number of allylic oxidation sites excluding steroid dienone is 2. The van der Waals surface area contributed by atoms with Gasteiger partial charge in [-0.3, -0.25) is 9.59 Å². The third-order valence-corrected chi connectivity index (χ3v) is 8.97. The van der Waals surface area contributed by atoms with Gasteiger partial charge in [-0.1, -0.05) is 54.1 Å². The minimum Gasteiger partial charge on any atom is -0.290 e. The minimum atomic E-state index is -0.625. The lowest BCUT2D eigenvalue weighted by molar-refractivity contribution is -0.154. The van der Waals surface area contributed by atoms with Crippen LogP contribution in [0, 0.1) is 12.8 Å². The third-order valence-electron chi connectivity index (χ3n) is 7.69. The highest BCUT2D eigenvalue weighted by atomic mass is 32.1. The second-order valence-electron chi connectivity index (χ2n) is 8.86. The van der Waals surface area contributed by atoms with Crippen LogP contribution >= 0.6 is 11.3 Å². The van der Waals surface area contributed by atoms with E-state index in [1.807, 2.05) is 18.2 Å². The molecule has 0 radical (unpaired) electrons. The van der Waals surface area contributed by atoms with E-state index in [-0.39, 0.29) is 23.4 Å². The van der Waals surface area contributed by atoms with E-state index in [9.17, 15) is 9.59 Å². The van der Waals surface area contributed by atoms with Crippen LogP contribution in [0.1, 0.15) is 34.4 Å². The number of carbonyl (C=O) groups is 2. The molecule has 1 saturated carbocycles. The topological polar surface area (TPSA) is 34.1 Å². The first-order valence-corrected chi connectivity index (χ1v) is 11.2. The summed E-state index contributed by atoms with van der Waals surface area (Å²) in [5, 5.41) is 3.75. The molecule has 3 atom stereocenters. The molecule has 1 spiro atoms. The predicted octanol–water partition coefficient (Wildman–Crippen LogP) is 5.95. The average Bonchev–Trinajstić information content (AvgIpc) is 3.18. The quantitative estimate of drug-likeness (QED) is 0.366. The van der Waals surface area contributed by atoms with Crippen LogP contribution in [0.3, 0.4) is 0 Å². The van der Waals surface area contributed by atoms with Crippen molar-refractivity contribution >= 4 is 49.3 Å². The fourth-order valence-corrected chi connectivity index (χ4v) is 7.78. The Morgan fingerprint density at radius 1 is 0.867 bits per heavy atom. The molecule has 30 heavy (non-hydrogen) atoms. The molecule has 4 aromatic rings. The van der Waals surface area contributed by atoms with Gasteiger partial charge in [-0.15, -0.1) is 11.3 Å². The molecule has 3 heteroatoms. The Bertz CT molecular complexity index is 1520. The average molecular weight is 407 g/mol. The largest absolute Gasteiger partial charge is 0.290 e. The van der Waals surface area contributed by atoms with Gasteiger partial charge in [0.2, 0.25) is 11.6 Å². The van der Waals surface area contributed by atoms with Crippen molar-refractivity contribution in [2.24, 2.45) is 5.92 Å². The third kappa shape index (κ3) is 1.59. The number of rotatable bonds is 1. The number of hydrogen-bond acceptors (Lipinski definition) is 3. The lowest BCUT2D eigenvalue weighted by Crippen LogP contribution is -2.66. The molecule has 144 valence electrons. The van der Waals surface area contributed by atoms with Gasteiger partial charge in [-0.2, -0.15) is 0 Å². The smallest absolute Gasteiger partial charge is 0.211 e. The van der Waals surface area contributed by atoms with Crippen LogP contribution in [0.2, 0.25) is 0 Å². The van der Waals surface area contributed by atoms with Gasteiger partial charge in [0.25, 0.3) is 0 Å². The van der Waals surface area contributed by atoms with Crippen molar-refractivity contribution in [3.8, 4) is 0 Å². The summed E-state index contributed by atoms with van der Waals surface area (Å²) in [7, 11) is 0. The van der Waals surface area contributed by atoms with Gasteiger partial charge in [0.1, 0.15) is 0 Å². The van der Waals surface area contributed by atoms with Crippen LogP contribution in [-0.4, -0.2) is 11.6 Å². The van der Waals surface area contributed by atoms with Crippen LogP contribution in [0.15, 0.2) is 66.2 Å². The number of thiophene rings is 1. The molecule has 7 rings (SSSR count). The molecule has 1 aromatic heterocycles. The monoisotopic (exact) mass is 406 g/mol. The maximum absolute atomic E-state index is 13.0. The van der Waals surface area contributed by atoms with Gasteiger partial charge < -0.3 is 0 Å². The number of ketones is 2. The standard InChI is InChI=1S/C27H18O2S/c1-13-18-11-15-7-3-4-8-16(15)12-20(18)30-25(13)21-14(2)22-24(28)26(29)27(22)19-10-6-5-9-17(19)23(21)27/h3-12,22-23H,1-2H3/t22?,23-,27?/m0/s1. The van der Waals surface area contributed by atoms with Gasteiger partial charge in [0.05, 0.1) is 11.3 Å². The highest BCUT2D eigenvalue weighted by molar-refractivity contribution is 7.20. The molecule has 0 amide bonds. The first-order chi connectivity index (χ1) is 14.5. The van der Waals surface area contributed by atoms with E-state index in [0.29, 0.717) is 0 Å². The molecule has 0 saturated heterocycles. The number of fused-ring (bicyclic) bond motifs is 4. The van der Waals surface area contributed by atoms with Gasteiger partial charge in [-0.25, -0.2) is 0 Å². The molecular formula is C27H18O2S. The first kappa shape index (κ1) is 16.7. The Morgan fingerprint density at radius 3 is 2.37 bits per heavy atom. The van der Waals surface area contributed by atoms with Crippen molar-refractivity contribution in [3.05, 3.63) is 87.8 Å². The molecule has 3 aliphatic rings. The van der Waals surface area contributed by atoms with Gasteiger partial charge in [0.15, 0.2) is 0 Å². The Labute approximate surface area is 177 Å². The Morgan fingerprint density at radius 2 is 1.57 bits per heavy atom. The number of hydrogen-bond donors (Lipinski definition) is 0. The van der Waals surface area contributed by atoms with E-state index in [4.69, 9.17) is 0 Å². The summed E-state index contributed by atoms with van der Waals surface area (Å²) in [5.74, 6) is -0.643. The highest BCUT2D eigenvalue weighted by Gasteiger charge is 2.76. The van der Waals surface area contributed by atoms with Crippen LogP contribution in [0.25, 0.3) is 26.4 Å². The van der Waals surface area contributed by atoms with Gasteiger partial charge in [-0.05, 0) is 64.4 Å². The molecule has 0 aliphatic heterocycles. The molecule has 0 bridgehead atoms. The summed E-state index contributed by atoms with van der Waals surface area (Å²) in [6.45, 7) is 4.26. The SMILES string of the molecule is CC1=C(c2sc3cc4ccccc4cc3c2C)[C@@H]2c3ccccc3C23C(=O)C(=O)C13. The summed E-state index contributed by atoms with van der Waals surface area (Å²) in [6.07, 6.45) is 0.